The molecule has 0 fully saturated rings. The lowest BCUT2D eigenvalue weighted by molar-refractivity contribution is -0.122. The molecule has 6 heteroatoms. The van der Waals surface area contributed by atoms with Crippen LogP contribution in [0.4, 0.5) is 0 Å². The second kappa shape index (κ2) is 6.06. The third-order valence-electron chi connectivity index (χ3n) is 6.01. The van der Waals surface area contributed by atoms with Crippen LogP contribution in [0.3, 0.4) is 0 Å². The lowest BCUT2D eigenvalue weighted by Crippen LogP contribution is -2.22. The number of hydrogen-bond acceptors (Lipinski definition) is 4. The van der Waals surface area contributed by atoms with E-state index in [-0.39, 0.29) is 11.8 Å². The molecule has 3 aliphatic heterocycles. The molecule has 2 aromatic carbocycles. The highest BCUT2D eigenvalue weighted by Crippen LogP contribution is 2.41. The van der Waals surface area contributed by atoms with Crippen molar-refractivity contribution in [2.24, 2.45) is 0 Å². The molecule has 1 aromatic heterocycles. The number of ether oxygens (including phenoxy) is 1. The van der Waals surface area contributed by atoms with Gasteiger partial charge in [-0.25, -0.2) is 0 Å². The first kappa shape index (κ1) is 16.6. The summed E-state index contributed by atoms with van der Waals surface area (Å²) < 4.78 is 8.02. The van der Waals surface area contributed by atoms with E-state index in [1.807, 2.05) is 36.5 Å². The maximum atomic E-state index is 12.9. The number of aromatic nitrogens is 1. The number of benzene rings is 2. The van der Waals surface area contributed by atoms with E-state index in [1.54, 1.807) is 0 Å². The number of nitrogens with zero attached hydrogens (tertiary/aromatic N) is 1. The summed E-state index contributed by atoms with van der Waals surface area (Å²) in [6.07, 6.45) is 2.83. The van der Waals surface area contributed by atoms with Gasteiger partial charge in [0.15, 0.2) is 0 Å². The van der Waals surface area contributed by atoms with Crippen molar-refractivity contribution < 1.29 is 14.3 Å². The van der Waals surface area contributed by atoms with E-state index in [4.69, 9.17) is 4.74 Å². The number of carbonyl (C=O) groups excluding carboxylic acids is 2. The van der Waals surface area contributed by atoms with Gasteiger partial charge in [-0.05, 0) is 11.1 Å². The molecule has 2 N–H and O–H groups in total. The van der Waals surface area contributed by atoms with Crippen LogP contribution in [0, 0.1) is 0 Å². The lowest BCUT2D eigenvalue weighted by atomic mass is 9.93. The maximum absolute atomic E-state index is 12.9. The Morgan fingerprint density at radius 2 is 1.72 bits per heavy atom. The van der Waals surface area contributed by atoms with Crippen LogP contribution in [0.5, 0.6) is 5.75 Å². The quantitative estimate of drug-likeness (QED) is 0.664. The first-order valence-electron chi connectivity index (χ1n) is 9.89. The number of nitrogens with one attached hydrogen (secondary N) is 2. The SMILES string of the molecule is O=C1NC(=O)C(c2cn3c4c(cccc24)CNCC3)=C1c1cccc2c1OCC2. The molecule has 3 aliphatic rings. The van der Waals surface area contributed by atoms with E-state index in [9.17, 15) is 9.59 Å². The van der Waals surface area contributed by atoms with Crippen molar-refractivity contribution in [3.8, 4) is 5.75 Å². The zero-order chi connectivity index (χ0) is 19.5. The van der Waals surface area contributed by atoms with Gasteiger partial charge in [-0.15, -0.1) is 0 Å². The van der Waals surface area contributed by atoms with Crippen LogP contribution in [0.1, 0.15) is 22.3 Å². The second-order valence-electron chi connectivity index (χ2n) is 7.65. The summed E-state index contributed by atoms with van der Waals surface area (Å²) in [5.74, 6) is 0.0135. The highest BCUT2D eigenvalue weighted by atomic mass is 16.5. The number of fused-ring (bicyclic) bond motifs is 1. The Morgan fingerprint density at radius 1 is 0.931 bits per heavy atom. The van der Waals surface area contributed by atoms with Gasteiger partial charge in [0, 0.05) is 48.8 Å². The van der Waals surface area contributed by atoms with Crippen LogP contribution in [0.2, 0.25) is 0 Å². The largest absolute Gasteiger partial charge is 0.492 e. The highest BCUT2D eigenvalue weighted by molar-refractivity contribution is 6.50. The van der Waals surface area contributed by atoms with Gasteiger partial charge >= 0.3 is 0 Å². The van der Waals surface area contributed by atoms with Gasteiger partial charge in [0.25, 0.3) is 11.8 Å². The van der Waals surface area contributed by atoms with E-state index in [1.165, 1.54) is 5.56 Å². The Morgan fingerprint density at radius 3 is 2.62 bits per heavy atom. The van der Waals surface area contributed by atoms with Crippen LogP contribution >= 0.6 is 0 Å². The predicted molar refractivity (Wildman–Crippen MR) is 109 cm³/mol. The number of rotatable bonds is 2. The van der Waals surface area contributed by atoms with E-state index >= 15 is 0 Å². The van der Waals surface area contributed by atoms with Crippen molar-refractivity contribution in [3.05, 3.63) is 64.8 Å². The monoisotopic (exact) mass is 385 g/mol. The second-order valence-corrected chi connectivity index (χ2v) is 7.65. The normalized spacial score (nSPS) is 18.1. The number of carbonyl (C=O) groups is 2. The molecule has 0 unspecified atom stereocenters. The Labute approximate surface area is 167 Å². The molecule has 4 heterocycles. The fourth-order valence-electron chi connectivity index (χ4n) is 4.76. The first-order valence-corrected chi connectivity index (χ1v) is 9.89. The van der Waals surface area contributed by atoms with Crippen LogP contribution < -0.4 is 15.4 Å². The molecule has 0 aliphatic carbocycles. The van der Waals surface area contributed by atoms with Crippen molar-refractivity contribution in [3.63, 3.8) is 0 Å². The third kappa shape index (κ3) is 2.32. The molecule has 144 valence electrons. The molecule has 0 saturated heterocycles. The maximum Gasteiger partial charge on any atom is 0.259 e. The minimum absolute atomic E-state index is 0.347. The standard InChI is InChI=1S/C23H19N3O3/c27-22-18(16-6-1-3-13-7-10-29-21(13)16)19(23(28)25-22)17-12-26-9-8-24-11-14-4-2-5-15(17)20(14)26/h1-6,12,24H,7-11H2,(H,25,27,28). The number of para-hydroxylation sites is 2. The van der Waals surface area contributed by atoms with Gasteiger partial charge in [-0.1, -0.05) is 36.4 Å². The summed E-state index contributed by atoms with van der Waals surface area (Å²) >= 11 is 0. The van der Waals surface area contributed by atoms with Crippen molar-refractivity contribution in [2.75, 3.05) is 13.2 Å². The molecule has 3 aromatic rings. The Kier molecular flexibility index (Phi) is 3.46. The molecular formula is C23H19N3O3. The number of imide groups is 1. The minimum Gasteiger partial charge on any atom is -0.492 e. The van der Waals surface area contributed by atoms with Gasteiger partial charge < -0.3 is 14.6 Å². The van der Waals surface area contributed by atoms with Gasteiger partial charge in [0.2, 0.25) is 0 Å². The number of hydrogen-bond donors (Lipinski definition) is 2. The lowest BCUT2D eigenvalue weighted by Gasteiger charge is -2.09. The minimum atomic E-state index is -0.361. The molecule has 0 atom stereocenters. The summed E-state index contributed by atoms with van der Waals surface area (Å²) in [5.41, 5.74) is 5.75. The van der Waals surface area contributed by atoms with Crippen LogP contribution in [0.25, 0.3) is 22.0 Å². The zero-order valence-electron chi connectivity index (χ0n) is 15.7. The molecule has 0 radical (unpaired) electrons. The molecule has 6 nitrogen and oxygen atoms in total. The molecular weight excluding hydrogens is 366 g/mol. The smallest absolute Gasteiger partial charge is 0.259 e. The molecule has 0 bridgehead atoms. The predicted octanol–water partition coefficient (Wildman–Crippen LogP) is 2.25. The van der Waals surface area contributed by atoms with Gasteiger partial charge in [-0.2, -0.15) is 0 Å². The van der Waals surface area contributed by atoms with E-state index < -0.39 is 0 Å². The molecule has 29 heavy (non-hydrogen) atoms. The van der Waals surface area contributed by atoms with Crippen LogP contribution in [0.15, 0.2) is 42.6 Å². The summed E-state index contributed by atoms with van der Waals surface area (Å²) in [4.78, 5) is 25.8. The topological polar surface area (TPSA) is 72.4 Å². The molecule has 0 spiro atoms. The van der Waals surface area contributed by atoms with Gasteiger partial charge in [0.05, 0.1) is 23.3 Å². The van der Waals surface area contributed by atoms with Crippen molar-refractivity contribution >= 4 is 33.9 Å². The van der Waals surface area contributed by atoms with Gasteiger partial charge in [0.1, 0.15) is 5.75 Å². The zero-order valence-corrected chi connectivity index (χ0v) is 15.7. The van der Waals surface area contributed by atoms with Gasteiger partial charge in [-0.3, -0.25) is 14.9 Å². The molecule has 2 amide bonds. The molecule has 0 saturated carbocycles. The van der Waals surface area contributed by atoms with E-state index in [0.717, 1.165) is 53.8 Å². The average molecular weight is 385 g/mol. The Bertz CT molecular complexity index is 1250. The highest BCUT2D eigenvalue weighted by Gasteiger charge is 2.36. The summed E-state index contributed by atoms with van der Waals surface area (Å²) in [6.45, 7) is 3.06. The van der Waals surface area contributed by atoms with Crippen LogP contribution in [-0.2, 0) is 29.1 Å². The van der Waals surface area contributed by atoms with E-state index in [0.29, 0.717) is 23.3 Å². The first-order chi connectivity index (χ1) is 14.2. The summed E-state index contributed by atoms with van der Waals surface area (Å²) in [6, 6.07) is 12.0. The van der Waals surface area contributed by atoms with Crippen molar-refractivity contribution in [1.82, 2.24) is 15.2 Å². The average Bonchev–Trinajstić information content (AvgIpc) is 3.36. The fraction of sp³-hybridized carbons (Fsp3) is 0.217. The third-order valence-corrected chi connectivity index (χ3v) is 6.01. The molecule has 6 rings (SSSR count). The Balaban J connectivity index is 1.66. The van der Waals surface area contributed by atoms with Crippen LogP contribution in [-0.4, -0.2) is 29.5 Å². The summed E-state index contributed by atoms with van der Waals surface area (Å²) in [7, 11) is 0. The van der Waals surface area contributed by atoms with Crippen molar-refractivity contribution in [2.45, 2.75) is 19.5 Å². The Hall–Kier alpha value is -3.38. The van der Waals surface area contributed by atoms with Crippen molar-refractivity contribution in [1.29, 1.82) is 0 Å². The summed E-state index contributed by atoms with van der Waals surface area (Å²) in [5, 5.41) is 6.93. The fourth-order valence-corrected chi connectivity index (χ4v) is 4.76. The van der Waals surface area contributed by atoms with E-state index in [2.05, 4.69) is 21.3 Å². The number of amides is 2.